The second kappa shape index (κ2) is 3.05. The number of hydrogen-bond acceptors (Lipinski definition) is 0. The van der Waals surface area contributed by atoms with Crippen LogP contribution in [0.2, 0.25) is 0 Å². The summed E-state index contributed by atoms with van der Waals surface area (Å²) in [5.74, 6) is 1.06. The Kier molecular flexibility index (Phi) is 2.32. The molecule has 0 aliphatic heterocycles. The third kappa shape index (κ3) is 2.69. The first-order valence-corrected chi connectivity index (χ1v) is 3.98. The van der Waals surface area contributed by atoms with Crippen molar-refractivity contribution in [3.63, 3.8) is 0 Å². The van der Waals surface area contributed by atoms with E-state index < -0.39 is 0 Å². The van der Waals surface area contributed by atoms with E-state index in [2.05, 4.69) is 19.9 Å². The molecule has 1 rings (SSSR count). The molecule has 1 aliphatic rings. The minimum Gasteiger partial charge on any atom is -0.0859 e. The van der Waals surface area contributed by atoms with E-state index in [1.165, 1.54) is 25.7 Å². The zero-order valence-electron chi connectivity index (χ0n) is 6.48. The van der Waals surface area contributed by atoms with E-state index in [1.807, 2.05) is 0 Å². The molecule has 0 radical (unpaired) electrons. The highest BCUT2D eigenvalue weighted by Gasteiger charge is 2.20. The molecular weight excluding hydrogens is 108 g/mol. The lowest BCUT2D eigenvalue weighted by Gasteiger charge is -1.95. The summed E-state index contributed by atoms with van der Waals surface area (Å²) in [6.45, 7) is 4.46. The van der Waals surface area contributed by atoms with Gasteiger partial charge in [0, 0.05) is 0 Å². The summed E-state index contributed by atoms with van der Waals surface area (Å²) in [5.41, 5.74) is 1.60. The van der Waals surface area contributed by atoms with Gasteiger partial charge in [0.2, 0.25) is 0 Å². The molecule has 0 aromatic heterocycles. The maximum atomic E-state index is 2.35. The Hall–Kier alpha value is -0.260. The molecule has 0 saturated heterocycles. The SMILES string of the molecule is CCC=C(C)CC1CC1. The van der Waals surface area contributed by atoms with E-state index in [4.69, 9.17) is 0 Å². The lowest BCUT2D eigenvalue weighted by molar-refractivity contribution is 0.815. The third-order valence-corrected chi connectivity index (χ3v) is 1.86. The molecule has 0 spiro atoms. The first-order valence-electron chi connectivity index (χ1n) is 3.98. The molecule has 0 heteroatoms. The number of hydrogen-bond donors (Lipinski definition) is 0. The van der Waals surface area contributed by atoms with Crippen LogP contribution in [0.5, 0.6) is 0 Å². The summed E-state index contributed by atoms with van der Waals surface area (Å²) in [7, 11) is 0. The second-order valence-electron chi connectivity index (χ2n) is 3.11. The molecule has 0 aromatic rings. The van der Waals surface area contributed by atoms with Crippen molar-refractivity contribution >= 4 is 0 Å². The Bertz CT molecular complexity index is 107. The van der Waals surface area contributed by atoms with Gasteiger partial charge in [0.1, 0.15) is 0 Å². The summed E-state index contributed by atoms with van der Waals surface area (Å²) in [4.78, 5) is 0. The fraction of sp³-hybridized carbons (Fsp3) is 0.778. The van der Waals surface area contributed by atoms with Crippen LogP contribution >= 0.6 is 0 Å². The Labute approximate surface area is 58.0 Å². The molecule has 1 aliphatic carbocycles. The van der Waals surface area contributed by atoms with Gasteiger partial charge in [0.05, 0.1) is 0 Å². The Morgan fingerprint density at radius 1 is 1.56 bits per heavy atom. The van der Waals surface area contributed by atoms with Crippen LogP contribution in [0.3, 0.4) is 0 Å². The predicted molar refractivity (Wildman–Crippen MR) is 41.4 cm³/mol. The smallest absolute Gasteiger partial charge is 0.0295 e. The normalized spacial score (nSPS) is 20.4. The molecule has 52 valence electrons. The molecule has 0 atom stereocenters. The largest absolute Gasteiger partial charge is 0.0859 e. The highest BCUT2D eigenvalue weighted by atomic mass is 14.3. The van der Waals surface area contributed by atoms with E-state index in [9.17, 15) is 0 Å². The summed E-state index contributed by atoms with van der Waals surface area (Å²) < 4.78 is 0. The van der Waals surface area contributed by atoms with E-state index in [-0.39, 0.29) is 0 Å². The van der Waals surface area contributed by atoms with Crippen molar-refractivity contribution in [3.8, 4) is 0 Å². The summed E-state index contributed by atoms with van der Waals surface area (Å²) in [6, 6.07) is 0. The summed E-state index contributed by atoms with van der Waals surface area (Å²) >= 11 is 0. The van der Waals surface area contributed by atoms with Crippen molar-refractivity contribution in [3.05, 3.63) is 11.6 Å². The lowest BCUT2D eigenvalue weighted by atomic mass is 10.1. The van der Waals surface area contributed by atoms with Crippen LogP contribution in [0.1, 0.15) is 39.5 Å². The molecule has 0 unspecified atom stereocenters. The topological polar surface area (TPSA) is 0 Å². The van der Waals surface area contributed by atoms with Crippen LogP contribution in [-0.4, -0.2) is 0 Å². The van der Waals surface area contributed by atoms with Gasteiger partial charge in [-0.3, -0.25) is 0 Å². The standard InChI is InChI=1S/C9H16/c1-3-4-8(2)7-9-5-6-9/h4,9H,3,5-7H2,1-2H3. The van der Waals surface area contributed by atoms with Crippen LogP contribution in [-0.2, 0) is 0 Å². The Morgan fingerprint density at radius 2 is 2.22 bits per heavy atom. The van der Waals surface area contributed by atoms with Crippen LogP contribution in [0, 0.1) is 5.92 Å². The fourth-order valence-electron chi connectivity index (χ4n) is 1.21. The summed E-state index contributed by atoms with van der Waals surface area (Å²) in [5, 5.41) is 0. The quantitative estimate of drug-likeness (QED) is 0.507. The third-order valence-electron chi connectivity index (χ3n) is 1.86. The predicted octanol–water partition coefficient (Wildman–Crippen LogP) is 3.14. The van der Waals surface area contributed by atoms with Crippen LogP contribution in [0.25, 0.3) is 0 Å². The molecule has 1 saturated carbocycles. The second-order valence-corrected chi connectivity index (χ2v) is 3.11. The molecule has 0 bridgehead atoms. The van der Waals surface area contributed by atoms with Crippen LogP contribution in [0.4, 0.5) is 0 Å². The molecule has 0 nitrogen and oxygen atoms in total. The Morgan fingerprint density at radius 3 is 2.67 bits per heavy atom. The van der Waals surface area contributed by atoms with Crippen molar-refractivity contribution in [1.29, 1.82) is 0 Å². The van der Waals surface area contributed by atoms with Crippen LogP contribution < -0.4 is 0 Å². The lowest BCUT2D eigenvalue weighted by Crippen LogP contribution is -1.77. The highest BCUT2D eigenvalue weighted by molar-refractivity contribution is 5.00. The maximum Gasteiger partial charge on any atom is -0.0295 e. The molecule has 0 heterocycles. The highest BCUT2D eigenvalue weighted by Crippen LogP contribution is 2.34. The van der Waals surface area contributed by atoms with E-state index in [1.54, 1.807) is 5.57 Å². The average Bonchev–Trinajstić information content (AvgIpc) is 2.50. The summed E-state index contributed by atoms with van der Waals surface area (Å²) in [6.07, 6.45) is 7.88. The van der Waals surface area contributed by atoms with Crippen molar-refractivity contribution in [2.24, 2.45) is 5.92 Å². The fourth-order valence-corrected chi connectivity index (χ4v) is 1.21. The van der Waals surface area contributed by atoms with Gasteiger partial charge >= 0.3 is 0 Å². The first-order chi connectivity index (χ1) is 4.33. The zero-order chi connectivity index (χ0) is 6.69. The maximum absolute atomic E-state index is 2.35. The van der Waals surface area contributed by atoms with E-state index in [0.717, 1.165) is 5.92 Å². The van der Waals surface area contributed by atoms with Crippen LogP contribution in [0.15, 0.2) is 11.6 Å². The zero-order valence-corrected chi connectivity index (χ0v) is 6.48. The van der Waals surface area contributed by atoms with E-state index in [0.29, 0.717) is 0 Å². The monoisotopic (exact) mass is 124 g/mol. The van der Waals surface area contributed by atoms with Crippen molar-refractivity contribution < 1.29 is 0 Å². The Balaban J connectivity index is 2.15. The molecule has 1 fully saturated rings. The molecule has 0 aromatic carbocycles. The van der Waals surface area contributed by atoms with Crippen molar-refractivity contribution in [2.45, 2.75) is 39.5 Å². The van der Waals surface area contributed by atoms with Gasteiger partial charge in [-0.1, -0.05) is 18.6 Å². The molecule has 0 N–H and O–H groups in total. The van der Waals surface area contributed by atoms with Crippen molar-refractivity contribution in [2.75, 3.05) is 0 Å². The molecular formula is C9H16. The van der Waals surface area contributed by atoms with Crippen molar-refractivity contribution in [1.82, 2.24) is 0 Å². The van der Waals surface area contributed by atoms with Gasteiger partial charge in [0.25, 0.3) is 0 Å². The van der Waals surface area contributed by atoms with E-state index >= 15 is 0 Å². The molecule has 9 heavy (non-hydrogen) atoms. The van der Waals surface area contributed by atoms with Gasteiger partial charge < -0.3 is 0 Å². The van der Waals surface area contributed by atoms with Gasteiger partial charge in [-0.2, -0.15) is 0 Å². The van der Waals surface area contributed by atoms with Gasteiger partial charge in [-0.25, -0.2) is 0 Å². The minimum atomic E-state index is 1.06. The van der Waals surface area contributed by atoms with Gasteiger partial charge in [-0.15, -0.1) is 0 Å². The van der Waals surface area contributed by atoms with Gasteiger partial charge in [0.15, 0.2) is 0 Å². The first kappa shape index (κ1) is 6.85. The number of allylic oxidation sites excluding steroid dienone is 2. The average molecular weight is 124 g/mol. The van der Waals surface area contributed by atoms with Gasteiger partial charge in [-0.05, 0) is 38.5 Å². The minimum absolute atomic E-state index is 1.06. The number of rotatable bonds is 3. The molecule has 0 amide bonds.